The minimum atomic E-state index is -0.280. The average Bonchev–Trinajstić information content (AvgIpc) is 2.39. The van der Waals surface area contributed by atoms with Crippen molar-refractivity contribution in [2.45, 2.75) is 58.0 Å². The zero-order valence-electron chi connectivity index (χ0n) is 11.5. The molecule has 1 aromatic heterocycles. The number of hydrogen-bond donors (Lipinski definition) is 0. The molecule has 1 saturated carbocycles. The van der Waals surface area contributed by atoms with E-state index in [0.29, 0.717) is 10.7 Å². The molecule has 0 bridgehead atoms. The lowest BCUT2D eigenvalue weighted by Crippen LogP contribution is -2.21. The number of aromatic nitrogens is 1. The van der Waals surface area contributed by atoms with Gasteiger partial charge in [-0.2, -0.15) is 0 Å². The highest BCUT2D eigenvalue weighted by atomic mass is 35.5. The van der Waals surface area contributed by atoms with Crippen LogP contribution >= 0.6 is 11.6 Å². The van der Waals surface area contributed by atoms with Gasteiger partial charge in [0, 0.05) is 5.69 Å². The standard InChI is InChI=1S/C15H20ClNO2/c1-10(2)13-8-11(9-14(16)17-13)15(18)19-12-6-4-3-5-7-12/h8-10,12H,3-7H2,1-2H3. The van der Waals surface area contributed by atoms with Crippen molar-refractivity contribution in [2.75, 3.05) is 0 Å². The van der Waals surface area contributed by atoms with E-state index in [1.54, 1.807) is 12.1 Å². The van der Waals surface area contributed by atoms with Crippen molar-refractivity contribution < 1.29 is 9.53 Å². The lowest BCUT2D eigenvalue weighted by molar-refractivity contribution is 0.0211. The maximum atomic E-state index is 12.1. The van der Waals surface area contributed by atoms with Gasteiger partial charge in [-0.25, -0.2) is 9.78 Å². The van der Waals surface area contributed by atoms with Gasteiger partial charge < -0.3 is 4.74 Å². The minimum absolute atomic E-state index is 0.0655. The highest BCUT2D eigenvalue weighted by Crippen LogP contribution is 2.23. The van der Waals surface area contributed by atoms with Crippen molar-refractivity contribution in [3.63, 3.8) is 0 Å². The molecule has 2 rings (SSSR count). The van der Waals surface area contributed by atoms with Crippen molar-refractivity contribution in [1.82, 2.24) is 4.98 Å². The number of carbonyl (C=O) groups is 1. The van der Waals surface area contributed by atoms with E-state index in [1.165, 1.54) is 6.42 Å². The topological polar surface area (TPSA) is 39.2 Å². The SMILES string of the molecule is CC(C)c1cc(C(=O)OC2CCCCC2)cc(Cl)n1. The summed E-state index contributed by atoms with van der Waals surface area (Å²) in [7, 11) is 0. The molecule has 4 heteroatoms. The predicted molar refractivity (Wildman–Crippen MR) is 75.6 cm³/mol. The number of nitrogens with zero attached hydrogens (tertiary/aromatic N) is 1. The van der Waals surface area contributed by atoms with Crippen LogP contribution in [0.15, 0.2) is 12.1 Å². The summed E-state index contributed by atoms with van der Waals surface area (Å²) < 4.78 is 5.54. The number of hydrogen-bond acceptors (Lipinski definition) is 3. The van der Waals surface area contributed by atoms with Gasteiger partial charge in [-0.05, 0) is 43.7 Å². The molecule has 0 amide bonds. The summed E-state index contributed by atoms with van der Waals surface area (Å²) in [6.45, 7) is 4.05. The summed E-state index contributed by atoms with van der Waals surface area (Å²) in [5, 5.41) is 0.349. The Balaban J connectivity index is 2.09. The Labute approximate surface area is 119 Å². The van der Waals surface area contributed by atoms with Gasteiger partial charge in [0.25, 0.3) is 0 Å². The zero-order valence-corrected chi connectivity index (χ0v) is 12.2. The molecule has 0 saturated heterocycles. The van der Waals surface area contributed by atoms with Gasteiger partial charge in [0.15, 0.2) is 0 Å². The highest BCUT2D eigenvalue weighted by Gasteiger charge is 2.19. The molecule has 0 spiro atoms. The summed E-state index contributed by atoms with van der Waals surface area (Å²) in [6, 6.07) is 3.36. The van der Waals surface area contributed by atoms with Gasteiger partial charge in [0.05, 0.1) is 5.56 Å². The first kappa shape index (κ1) is 14.3. The molecular formula is C15H20ClNO2. The molecule has 1 aliphatic carbocycles. The lowest BCUT2D eigenvalue weighted by atomic mass is 9.98. The molecule has 1 heterocycles. The van der Waals surface area contributed by atoms with Crippen LogP contribution in [0.1, 0.15) is 67.9 Å². The molecule has 104 valence electrons. The Hall–Kier alpha value is -1.09. The molecule has 3 nitrogen and oxygen atoms in total. The van der Waals surface area contributed by atoms with Crippen molar-refractivity contribution in [2.24, 2.45) is 0 Å². The van der Waals surface area contributed by atoms with Crippen LogP contribution in [0.4, 0.5) is 0 Å². The second kappa shape index (κ2) is 6.38. The van der Waals surface area contributed by atoms with Gasteiger partial charge in [0.2, 0.25) is 0 Å². The zero-order chi connectivity index (χ0) is 13.8. The van der Waals surface area contributed by atoms with E-state index in [1.807, 2.05) is 13.8 Å². The number of carbonyl (C=O) groups excluding carboxylic acids is 1. The Kier molecular flexibility index (Phi) is 4.81. The normalized spacial score (nSPS) is 16.6. The van der Waals surface area contributed by atoms with E-state index in [4.69, 9.17) is 16.3 Å². The highest BCUT2D eigenvalue weighted by molar-refractivity contribution is 6.29. The molecule has 0 N–H and O–H groups in total. The minimum Gasteiger partial charge on any atom is -0.459 e. The summed E-state index contributed by atoms with van der Waals surface area (Å²) >= 11 is 5.96. The van der Waals surface area contributed by atoms with Gasteiger partial charge in [-0.1, -0.05) is 31.9 Å². The van der Waals surface area contributed by atoms with E-state index >= 15 is 0 Å². The first-order valence-corrected chi connectivity index (χ1v) is 7.32. The number of rotatable bonds is 3. The lowest BCUT2D eigenvalue weighted by Gasteiger charge is -2.22. The third kappa shape index (κ3) is 3.93. The van der Waals surface area contributed by atoms with E-state index in [9.17, 15) is 4.79 Å². The Morgan fingerprint density at radius 1 is 1.32 bits per heavy atom. The molecule has 0 aromatic carbocycles. The summed E-state index contributed by atoms with van der Waals surface area (Å²) in [6.07, 6.45) is 5.55. The molecule has 19 heavy (non-hydrogen) atoms. The van der Waals surface area contributed by atoms with Gasteiger partial charge >= 0.3 is 5.97 Å². The Morgan fingerprint density at radius 3 is 2.63 bits per heavy atom. The first-order valence-electron chi connectivity index (χ1n) is 6.94. The fourth-order valence-corrected chi connectivity index (χ4v) is 2.55. The smallest absolute Gasteiger partial charge is 0.338 e. The summed E-state index contributed by atoms with van der Waals surface area (Å²) in [5.41, 5.74) is 1.33. The van der Waals surface area contributed by atoms with Crippen LogP contribution in [0.3, 0.4) is 0 Å². The van der Waals surface area contributed by atoms with E-state index < -0.39 is 0 Å². The molecule has 1 aliphatic rings. The number of esters is 1. The summed E-state index contributed by atoms with van der Waals surface area (Å²) in [5.74, 6) is -0.0435. The van der Waals surface area contributed by atoms with Crippen molar-refractivity contribution in [3.8, 4) is 0 Å². The van der Waals surface area contributed by atoms with Crippen molar-refractivity contribution >= 4 is 17.6 Å². The largest absolute Gasteiger partial charge is 0.459 e. The van der Waals surface area contributed by atoms with Crippen LogP contribution in [0.2, 0.25) is 5.15 Å². The maximum Gasteiger partial charge on any atom is 0.338 e. The van der Waals surface area contributed by atoms with Crippen LogP contribution < -0.4 is 0 Å². The van der Waals surface area contributed by atoms with Gasteiger partial charge in [-0.15, -0.1) is 0 Å². The van der Waals surface area contributed by atoms with Crippen molar-refractivity contribution in [1.29, 1.82) is 0 Å². The molecule has 0 atom stereocenters. The number of halogens is 1. The van der Waals surface area contributed by atoms with Gasteiger partial charge in [-0.3, -0.25) is 0 Å². The quantitative estimate of drug-likeness (QED) is 0.611. The second-order valence-corrected chi connectivity index (χ2v) is 5.81. The third-order valence-corrected chi connectivity index (χ3v) is 3.66. The molecule has 0 aliphatic heterocycles. The van der Waals surface area contributed by atoms with Crippen LogP contribution in [0, 0.1) is 0 Å². The monoisotopic (exact) mass is 281 g/mol. The Bertz CT molecular complexity index is 453. The average molecular weight is 282 g/mol. The van der Waals surface area contributed by atoms with E-state index in [-0.39, 0.29) is 18.0 Å². The summed E-state index contributed by atoms with van der Waals surface area (Å²) in [4.78, 5) is 16.4. The van der Waals surface area contributed by atoms with E-state index in [0.717, 1.165) is 31.4 Å². The van der Waals surface area contributed by atoms with Gasteiger partial charge in [0.1, 0.15) is 11.3 Å². The van der Waals surface area contributed by atoms with Crippen molar-refractivity contribution in [3.05, 3.63) is 28.5 Å². The third-order valence-electron chi connectivity index (χ3n) is 3.47. The van der Waals surface area contributed by atoms with Crippen LogP contribution in [0.5, 0.6) is 0 Å². The van der Waals surface area contributed by atoms with Crippen LogP contribution in [-0.2, 0) is 4.74 Å². The number of ether oxygens (including phenoxy) is 1. The second-order valence-electron chi connectivity index (χ2n) is 5.42. The van der Waals surface area contributed by atoms with Crippen LogP contribution in [-0.4, -0.2) is 17.1 Å². The fraction of sp³-hybridized carbons (Fsp3) is 0.600. The molecule has 0 radical (unpaired) electrons. The molecular weight excluding hydrogens is 262 g/mol. The number of pyridine rings is 1. The Morgan fingerprint density at radius 2 is 2.00 bits per heavy atom. The maximum absolute atomic E-state index is 12.1. The molecule has 1 aromatic rings. The van der Waals surface area contributed by atoms with E-state index in [2.05, 4.69) is 4.98 Å². The molecule has 0 unspecified atom stereocenters. The van der Waals surface area contributed by atoms with Crippen LogP contribution in [0.25, 0.3) is 0 Å². The predicted octanol–water partition coefficient (Wildman–Crippen LogP) is 4.35. The molecule has 1 fully saturated rings. The fourth-order valence-electron chi connectivity index (χ4n) is 2.33. The first-order chi connectivity index (χ1) is 9.06.